The van der Waals surface area contributed by atoms with Crippen molar-refractivity contribution in [1.82, 2.24) is 10.6 Å². The smallest absolute Gasteiger partial charge is 0.315 e. The Bertz CT molecular complexity index is 473. The van der Waals surface area contributed by atoms with Gasteiger partial charge in [-0.1, -0.05) is 32.0 Å². The van der Waals surface area contributed by atoms with Crippen LogP contribution in [0.5, 0.6) is 0 Å². The predicted molar refractivity (Wildman–Crippen MR) is 78.6 cm³/mol. The minimum atomic E-state index is -0.202. The van der Waals surface area contributed by atoms with E-state index >= 15 is 0 Å². The summed E-state index contributed by atoms with van der Waals surface area (Å²) in [5, 5.41) is 5.65. The summed E-state index contributed by atoms with van der Waals surface area (Å²) in [5.41, 5.74) is 0.879. The van der Waals surface area contributed by atoms with E-state index in [1.807, 2.05) is 44.2 Å². The number of amides is 3. The van der Waals surface area contributed by atoms with Crippen molar-refractivity contribution in [3.63, 3.8) is 0 Å². The molecule has 0 bridgehead atoms. The van der Waals surface area contributed by atoms with Gasteiger partial charge < -0.3 is 15.5 Å². The molecule has 1 aromatic rings. The van der Waals surface area contributed by atoms with Crippen molar-refractivity contribution in [1.29, 1.82) is 0 Å². The SMILES string of the molecule is CC(C)CNC(=O)N[C@@H]1CC(=O)N(c2ccccc2)C1. The Kier molecular flexibility index (Phi) is 4.61. The number of anilines is 1. The van der Waals surface area contributed by atoms with Gasteiger partial charge >= 0.3 is 6.03 Å². The monoisotopic (exact) mass is 275 g/mol. The Labute approximate surface area is 119 Å². The van der Waals surface area contributed by atoms with Gasteiger partial charge in [0.05, 0.1) is 6.04 Å². The van der Waals surface area contributed by atoms with Crippen LogP contribution in [0.25, 0.3) is 0 Å². The standard InChI is InChI=1S/C15H21N3O2/c1-11(2)9-16-15(20)17-12-8-14(19)18(10-12)13-6-4-3-5-7-13/h3-7,11-12H,8-10H2,1-2H3,(H2,16,17,20)/t12-/m1/s1. The molecule has 0 radical (unpaired) electrons. The summed E-state index contributed by atoms with van der Waals surface area (Å²) in [6.07, 6.45) is 0.351. The van der Waals surface area contributed by atoms with Crippen LogP contribution < -0.4 is 15.5 Å². The topological polar surface area (TPSA) is 61.4 Å². The number of carbonyl (C=O) groups is 2. The molecule has 108 valence electrons. The highest BCUT2D eigenvalue weighted by Gasteiger charge is 2.31. The summed E-state index contributed by atoms with van der Waals surface area (Å²) in [7, 11) is 0. The van der Waals surface area contributed by atoms with Crippen molar-refractivity contribution in [2.45, 2.75) is 26.3 Å². The zero-order chi connectivity index (χ0) is 14.5. The van der Waals surface area contributed by atoms with Crippen molar-refractivity contribution in [2.75, 3.05) is 18.0 Å². The molecule has 1 heterocycles. The number of nitrogens with zero attached hydrogens (tertiary/aromatic N) is 1. The molecular formula is C15H21N3O2. The van der Waals surface area contributed by atoms with E-state index in [1.165, 1.54) is 0 Å². The Morgan fingerprint density at radius 1 is 1.35 bits per heavy atom. The number of para-hydroxylation sites is 1. The van der Waals surface area contributed by atoms with Gasteiger partial charge in [-0.05, 0) is 18.1 Å². The highest BCUT2D eigenvalue weighted by atomic mass is 16.2. The van der Waals surface area contributed by atoms with Gasteiger partial charge in [0, 0.05) is 25.2 Å². The molecule has 0 unspecified atom stereocenters. The van der Waals surface area contributed by atoms with Gasteiger partial charge in [-0.3, -0.25) is 4.79 Å². The zero-order valence-electron chi connectivity index (χ0n) is 11.9. The average Bonchev–Trinajstić information content (AvgIpc) is 2.78. The highest BCUT2D eigenvalue weighted by molar-refractivity contribution is 5.96. The third kappa shape index (κ3) is 3.73. The maximum absolute atomic E-state index is 12.0. The Morgan fingerprint density at radius 2 is 2.05 bits per heavy atom. The van der Waals surface area contributed by atoms with Crippen LogP contribution in [0.2, 0.25) is 0 Å². The predicted octanol–water partition coefficient (Wildman–Crippen LogP) is 1.75. The summed E-state index contributed by atoms with van der Waals surface area (Å²) >= 11 is 0. The summed E-state index contributed by atoms with van der Waals surface area (Å²) < 4.78 is 0. The number of benzene rings is 1. The summed E-state index contributed by atoms with van der Waals surface area (Å²) in [5.74, 6) is 0.456. The van der Waals surface area contributed by atoms with Crippen molar-refractivity contribution in [2.24, 2.45) is 5.92 Å². The van der Waals surface area contributed by atoms with Gasteiger partial charge in [-0.2, -0.15) is 0 Å². The van der Waals surface area contributed by atoms with E-state index in [-0.39, 0.29) is 18.0 Å². The minimum Gasteiger partial charge on any atom is -0.338 e. The molecule has 1 aliphatic heterocycles. The second-order valence-electron chi connectivity index (χ2n) is 5.49. The average molecular weight is 275 g/mol. The van der Waals surface area contributed by atoms with Crippen LogP contribution in [0.3, 0.4) is 0 Å². The van der Waals surface area contributed by atoms with Crippen LogP contribution >= 0.6 is 0 Å². The molecule has 1 atom stereocenters. The molecule has 1 saturated heterocycles. The maximum Gasteiger partial charge on any atom is 0.315 e. The van der Waals surface area contributed by atoms with Crippen molar-refractivity contribution in [3.8, 4) is 0 Å². The van der Waals surface area contributed by atoms with E-state index in [2.05, 4.69) is 10.6 Å². The molecule has 0 aliphatic carbocycles. The molecule has 0 aromatic heterocycles. The molecule has 1 aromatic carbocycles. The van der Waals surface area contributed by atoms with E-state index in [0.29, 0.717) is 25.4 Å². The molecule has 1 aliphatic rings. The molecule has 2 N–H and O–H groups in total. The number of nitrogens with one attached hydrogen (secondary N) is 2. The van der Waals surface area contributed by atoms with Gasteiger partial charge in [0.2, 0.25) is 5.91 Å². The second kappa shape index (κ2) is 6.41. The molecule has 20 heavy (non-hydrogen) atoms. The third-order valence-electron chi connectivity index (χ3n) is 3.20. The fourth-order valence-corrected chi connectivity index (χ4v) is 2.19. The third-order valence-corrected chi connectivity index (χ3v) is 3.20. The molecule has 5 nitrogen and oxygen atoms in total. The lowest BCUT2D eigenvalue weighted by Crippen LogP contribution is -2.44. The van der Waals surface area contributed by atoms with Crippen LogP contribution in [0.15, 0.2) is 30.3 Å². The molecule has 0 saturated carbocycles. The molecule has 2 rings (SSSR count). The Balaban J connectivity index is 1.88. The Morgan fingerprint density at radius 3 is 2.70 bits per heavy atom. The molecule has 5 heteroatoms. The number of hydrogen-bond acceptors (Lipinski definition) is 2. The highest BCUT2D eigenvalue weighted by Crippen LogP contribution is 2.20. The lowest BCUT2D eigenvalue weighted by atomic mass is 10.2. The second-order valence-corrected chi connectivity index (χ2v) is 5.49. The first-order valence-electron chi connectivity index (χ1n) is 6.96. The zero-order valence-corrected chi connectivity index (χ0v) is 11.9. The van der Waals surface area contributed by atoms with Gasteiger partial charge in [-0.15, -0.1) is 0 Å². The van der Waals surface area contributed by atoms with E-state index in [0.717, 1.165) is 5.69 Å². The summed E-state index contributed by atoms with van der Waals surface area (Å²) in [6.45, 7) is 5.24. The molecule has 1 fully saturated rings. The van der Waals surface area contributed by atoms with Crippen LogP contribution in [-0.4, -0.2) is 31.1 Å². The van der Waals surface area contributed by atoms with E-state index < -0.39 is 0 Å². The maximum atomic E-state index is 12.0. The molecule has 0 spiro atoms. The van der Waals surface area contributed by atoms with Crippen LogP contribution in [0, 0.1) is 5.92 Å². The van der Waals surface area contributed by atoms with E-state index in [4.69, 9.17) is 0 Å². The summed E-state index contributed by atoms with van der Waals surface area (Å²) in [4.78, 5) is 25.4. The number of urea groups is 1. The van der Waals surface area contributed by atoms with Gasteiger partial charge in [0.1, 0.15) is 0 Å². The lowest BCUT2D eigenvalue weighted by Gasteiger charge is -2.17. The quantitative estimate of drug-likeness (QED) is 0.879. The number of carbonyl (C=O) groups excluding carboxylic acids is 2. The molecular weight excluding hydrogens is 254 g/mol. The van der Waals surface area contributed by atoms with Crippen LogP contribution in [0.1, 0.15) is 20.3 Å². The first-order valence-corrected chi connectivity index (χ1v) is 6.96. The lowest BCUT2D eigenvalue weighted by molar-refractivity contribution is -0.117. The fraction of sp³-hybridized carbons (Fsp3) is 0.467. The molecule has 3 amide bonds. The van der Waals surface area contributed by atoms with E-state index in [1.54, 1.807) is 4.90 Å². The van der Waals surface area contributed by atoms with E-state index in [9.17, 15) is 9.59 Å². The first-order chi connectivity index (χ1) is 9.56. The number of rotatable bonds is 4. The van der Waals surface area contributed by atoms with Crippen LogP contribution in [-0.2, 0) is 4.79 Å². The van der Waals surface area contributed by atoms with Gasteiger partial charge in [0.15, 0.2) is 0 Å². The largest absolute Gasteiger partial charge is 0.338 e. The van der Waals surface area contributed by atoms with Gasteiger partial charge in [-0.25, -0.2) is 4.79 Å². The van der Waals surface area contributed by atoms with Gasteiger partial charge in [0.25, 0.3) is 0 Å². The van der Waals surface area contributed by atoms with Crippen LogP contribution in [0.4, 0.5) is 10.5 Å². The van der Waals surface area contributed by atoms with Crippen molar-refractivity contribution in [3.05, 3.63) is 30.3 Å². The minimum absolute atomic E-state index is 0.0466. The number of hydrogen-bond donors (Lipinski definition) is 2. The fourth-order valence-electron chi connectivity index (χ4n) is 2.19. The first kappa shape index (κ1) is 14.4. The normalized spacial score (nSPS) is 18.4. The summed E-state index contributed by atoms with van der Waals surface area (Å²) in [6, 6.07) is 9.19. The van der Waals surface area contributed by atoms with Crippen molar-refractivity contribution >= 4 is 17.6 Å². The Hall–Kier alpha value is -2.04. The van der Waals surface area contributed by atoms with Crippen molar-refractivity contribution < 1.29 is 9.59 Å².